The van der Waals surface area contributed by atoms with Gasteiger partial charge in [0.25, 0.3) is 5.91 Å². The monoisotopic (exact) mass is 319 g/mol. The van der Waals surface area contributed by atoms with Crippen LogP contribution >= 0.6 is 11.6 Å². The van der Waals surface area contributed by atoms with Crippen LogP contribution in [0.1, 0.15) is 16.8 Å². The zero-order valence-corrected chi connectivity index (χ0v) is 11.6. The number of halogens is 3. The molecule has 5 nitrogen and oxygen atoms in total. The van der Waals surface area contributed by atoms with Crippen LogP contribution in [0.15, 0.2) is 12.1 Å². The van der Waals surface area contributed by atoms with Crippen LogP contribution in [-0.4, -0.2) is 47.7 Å². The van der Waals surface area contributed by atoms with Gasteiger partial charge in [0.05, 0.1) is 36.3 Å². The van der Waals surface area contributed by atoms with E-state index < -0.39 is 29.6 Å². The van der Waals surface area contributed by atoms with Crippen molar-refractivity contribution in [1.82, 2.24) is 4.90 Å². The highest BCUT2D eigenvalue weighted by molar-refractivity contribution is 6.33. The molecule has 1 aromatic rings. The lowest BCUT2D eigenvalue weighted by Gasteiger charge is -2.35. The Balaban J connectivity index is 2.28. The van der Waals surface area contributed by atoms with Gasteiger partial charge in [-0.2, -0.15) is 0 Å². The average Bonchev–Trinajstić information content (AvgIpc) is 2.42. The van der Waals surface area contributed by atoms with Crippen molar-refractivity contribution in [3.8, 4) is 0 Å². The number of aliphatic carboxylic acids is 1. The smallest absolute Gasteiger partial charge is 0.305 e. The van der Waals surface area contributed by atoms with Crippen LogP contribution in [0.5, 0.6) is 0 Å². The normalized spacial score (nSPS) is 18.6. The first-order valence-electron chi connectivity index (χ1n) is 6.15. The summed E-state index contributed by atoms with van der Waals surface area (Å²) < 4.78 is 31.5. The summed E-state index contributed by atoms with van der Waals surface area (Å²) >= 11 is 5.77. The van der Waals surface area contributed by atoms with Gasteiger partial charge in [0, 0.05) is 6.54 Å². The topological polar surface area (TPSA) is 66.8 Å². The Hall–Kier alpha value is -1.73. The fraction of sp³-hybridized carbons (Fsp3) is 0.385. The third-order valence-electron chi connectivity index (χ3n) is 3.14. The third-order valence-corrected chi connectivity index (χ3v) is 3.45. The van der Waals surface area contributed by atoms with Crippen molar-refractivity contribution in [2.75, 3.05) is 19.8 Å². The van der Waals surface area contributed by atoms with E-state index in [1.165, 1.54) is 4.90 Å². The molecule has 21 heavy (non-hydrogen) atoms. The van der Waals surface area contributed by atoms with E-state index in [9.17, 15) is 18.4 Å². The van der Waals surface area contributed by atoms with Crippen LogP contribution in [0, 0.1) is 11.6 Å². The van der Waals surface area contributed by atoms with Crippen molar-refractivity contribution >= 4 is 23.5 Å². The van der Waals surface area contributed by atoms with Gasteiger partial charge in [-0.25, -0.2) is 8.78 Å². The lowest BCUT2D eigenvalue weighted by atomic mass is 10.1. The number of rotatable bonds is 3. The number of hydrogen-bond donors (Lipinski definition) is 1. The summed E-state index contributed by atoms with van der Waals surface area (Å²) in [6.07, 6.45) is -0.299. The number of nitrogens with zero attached hydrogens (tertiary/aromatic N) is 1. The van der Waals surface area contributed by atoms with Gasteiger partial charge in [0.1, 0.15) is 0 Å². The molecule has 1 fully saturated rings. The molecule has 1 amide bonds. The standard InChI is InChI=1S/C13H12ClF2NO4/c14-9-5-11(16)10(15)4-8(9)13(20)17-1-2-21-6-7(17)3-12(18)19/h4-5,7H,1-3,6H2,(H,18,19)/t7-/m1/s1. The van der Waals surface area contributed by atoms with Crippen LogP contribution in [0.2, 0.25) is 5.02 Å². The van der Waals surface area contributed by atoms with Gasteiger partial charge in [-0.05, 0) is 12.1 Å². The van der Waals surface area contributed by atoms with Crippen molar-refractivity contribution in [3.05, 3.63) is 34.4 Å². The van der Waals surface area contributed by atoms with E-state index in [2.05, 4.69) is 0 Å². The number of carbonyl (C=O) groups is 2. The Kier molecular flexibility index (Phi) is 4.74. The van der Waals surface area contributed by atoms with Crippen LogP contribution in [-0.2, 0) is 9.53 Å². The molecule has 1 aliphatic rings. The molecule has 1 N–H and O–H groups in total. The number of ether oxygens (including phenoxy) is 1. The number of benzene rings is 1. The maximum Gasteiger partial charge on any atom is 0.305 e. The van der Waals surface area contributed by atoms with Gasteiger partial charge in [0.15, 0.2) is 11.6 Å². The number of carbonyl (C=O) groups excluding carboxylic acids is 1. The maximum atomic E-state index is 13.3. The zero-order chi connectivity index (χ0) is 15.6. The molecule has 0 spiro atoms. The summed E-state index contributed by atoms with van der Waals surface area (Å²) in [6, 6.07) is 0.761. The highest BCUT2D eigenvalue weighted by atomic mass is 35.5. The van der Waals surface area contributed by atoms with E-state index in [1.54, 1.807) is 0 Å². The number of carboxylic acids is 1. The van der Waals surface area contributed by atoms with Gasteiger partial charge in [-0.1, -0.05) is 11.6 Å². The van der Waals surface area contributed by atoms with Gasteiger partial charge in [-0.3, -0.25) is 9.59 Å². The Morgan fingerprint density at radius 3 is 2.71 bits per heavy atom. The van der Waals surface area contributed by atoms with Crippen LogP contribution in [0.4, 0.5) is 8.78 Å². The number of carboxylic acid groups (broad SMARTS) is 1. The number of hydrogen-bond acceptors (Lipinski definition) is 3. The molecule has 114 valence electrons. The van der Waals surface area contributed by atoms with E-state index in [4.69, 9.17) is 21.4 Å². The Morgan fingerprint density at radius 1 is 1.38 bits per heavy atom. The summed E-state index contributed by atoms with van der Waals surface area (Å²) in [5.74, 6) is -4.07. The molecule has 1 heterocycles. The van der Waals surface area contributed by atoms with Crippen LogP contribution in [0.3, 0.4) is 0 Å². The molecule has 2 rings (SSSR count). The Labute approximate surface area is 124 Å². The fourth-order valence-electron chi connectivity index (χ4n) is 2.13. The van der Waals surface area contributed by atoms with Crippen molar-refractivity contribution in [2.24, 2.45) is 0 Å². The summed E-state index contributed by atoms with van der Waals surface area (Å²) in [4.78, 5) is 24.4. The highest BCUT2D eigenvalue weighted by Gasteiger charge is 2.31. The second kappa shape index (κ2) is 6.36. The quantitative estimate of drug-likeness (QED) is 0.865. The molecule has 1 aliphatic heterocycles. The van der Waals surface area contributed by atoms with E-state index in [0.717, 1.165) is 6.07 Å². The Morgan fingerprint density at radius 2 is 2.05 bits per heavy atom. The molecule has 1 aromatic carbocycles. The summed E-state index contributed by atoms with van der Waals surface area (Å²) in [5, 5.41) is 8.62. The SMILES string of the molecule is O=C(O)C[C@@H]1COCCN1C(=O)c1cc(F)c(F)cc1Cl. The summed E-state index contributed by atoms with van der Waals surface area (Å²) in [5.41, 5.74) is -0.201. The second-order valence-corrected chi connectivity index (χ2v) is 4.98. The minimum atomic E-state index is -1.19. The van der Waals surface area contributed by atoms with Crippen LogP contribution in [0.25, 0.3) is 0 Å². The molecule has 0 unspecified atom stereocenters. The van der Waals surface area contributed by atoms with Crippen LogP contribution < -0.4 is 0 Å². The van der Waals surface area contributed by atoms with E-state index >= 15 is 0 Å². The van der Waals surface area contributed by atoms with Gasteiger partial charge in [0.2, 0.25) is 0 Å². The Bertz CT molecular complexity index is 582. The molecule has 8 heteroatoms. The van der Waals surface area contributed by atoms with Crippen molar-refractivity contribution in [2.45, 2.75) is 12.5 Å². The van der Waals surface area contributed by atoms with Gasteiger partial charge in [-0.15, -0.1) is 0 Å². The first-order chi connectivity index (χ1) is 9.90. The fourth-order valence-corrected chi connectivity index (χ4v) is 2.37. The van der Waals surface area contributed by atoms with Gasteiger partial charge >= 0.3 is 5.97 Å². The molecular weight excluding hydrogens is 308 g/mol. The molecule has 1 atom stereocenters. The van der Waals surface area contributed by atoms with Crippen molar-refractivity contribution in [3.63, 3.8) is 0 Å². The molecule has 0 aliphatic carbocycles. The minimum absolute atomic E-state index is 0.0688. The maximum absolute atomic E-state index is 13.3. The number of morpholine rings is 1. The third kappa shape index (κ3) is 3.48. The predicted molar refractivity (Wildman–Crippen MR) is 69.3 cm³/mol. The summed E-state index contributed by atoms with van der Waals surface area (Å²) in [7, 11) is 0. The van der Waals surface area contributed by atoms with E-state index in [0.29, 0.717) is 6.07 Å². The largest absolute Gasteiger partial charge is 0.481 e. The first kappa shape index (κ1) is 15.7. The van der Waals surface area contributed by atoms with Crippen molar-refractivity contribution in [1.29, 1.82) is 0 Å². The molecule has 0 radical (unpaired) electrons. The van der Waals surface area contributed by atoms with E-state index in [1.807, 2.05) is 0 Å². The molecule has 0 saturated carbocycles. The number of amides is 1. The first-order valence-corrected chi connectivity index (χ1v) is 6.53. The highest BCUT2D eigenvalue weighted by Crippen LogP contribution is 2.23. The zero-order valence-electron chi connectivity index (χ0n) is 10.8. The molecule has 0 bridgehead atoms. The predicted octanol–water partition coefficient (Wildman–Crippen LogP) is 1.93. The average molecular weight is 320 g/mol. The van der Waals surface area contributed by atoms with Gasteiger partial charge < -0.3 is 14.7 Å². The summed E-state index contributed by atoms with van der Waals surface area (Å²) in [6.45, 7) is 0.467. The molecule has 1 saturated heterocycles. The second-order valence-electron chi connectivity index (χ2n) is 4.57. The lowest BCUT2D eigenvalue weighted by Crippen LogP contribution is -2.49. The molecular formula is C13H12ClF2NO4. The lowest BCUT2D eigenvalue weighted by molar-refractivity contribution is -0.139. The van der Waals surface area contributed by atoms with Crippen molar-refractivity contribution < 1.29 is 28.2 Å². The van der Waals surface area contributed by atoms with E-state index in [-0.39, 0.29) is 36.8 Å². The molecule has 0 aromatic heterocycles. The minimum Gasteiger partial charge on any atom is -0.481 e.